The van der Waals surface area contributed by atoms with Crippen LogP contribution in [0, 0.1) is 12.3 Å². The van der Waals surface area contributed by atoms with Crippen molar-refractivity contribution in [2.24, 2.45) is 0 Å². The molecule has 114 valence electrons. The molecule has 0 aromatic heterocycles. The van der Waals surface area contributed by atoms with Crippen molar-refractivity contribution in [3.8, 4) is 5.75 Å². The third-order valence-electron chi connectivity index (χ3n) is 2.94. The van der Waals surface area contributed by atoms with Crippen LogP contribution in [0.2, 0.25) is 0 Å². The molecule has 0 unspecified atom stereocenters. The van der Waals surface area contributed by atoms with Crippen LogP contribution in [0.15, 0.2) is 18.2 Å². The Morgan fingerprint density at radius 3 is 2.76 bits per heavy atom. The number of thioether (sulfide) groups is 1. The number of alkyl halides is 2. The van der Waals surface area contributed by atoms with Crippen LogP contribution in [0.5, 0.6) is 5.75 Å². The topological polar surface area (TPSA) is 53.4 Å². The van der Waals surface area contributed by atoms with Crippen molar-refractivity contribution >= 4 is 28.5 Å². The fourth-order valence-corrected chi connectivity index (χ4v) is 2.60. The monoisotopic (exact) mass is 314 g/mol. The van der Waals surface area contributed by atoms with Crippen LogP contribution in [0.3, 0.4) is 0 Å². The van der Waals surface area contributed by atoms with E-state index in [1.54, 1.807) is 18.2 Å². The second-order valence-corrected chi connectivity index (χ2v) is 5.93. The van der Waals surface area contributed by atoms with Gasteiger partial charge in [0.1, 0.15) is 5.75 Å². The summed E-state index contributed by atoms with van der Waals surface area (Å²) in [5, 5.41) is 7.93. The van der Waals surface area contributed by atoms with Crippen molar-refractivity contribution < 1.29 is 18.3 Å². The number of amides is 1. The highest BCUT2D eigenvalue weighted by molar-refractivity contribution is 8.15. The summed E-state index contributed by atoms with van der Waals surface area (Å²) in [7, 11) is 0. The first-order valence-electron chi connectivity index (χ1n) is 6.43. The molecule has 1 aliphatic heterocycles. The third kappa shape index (κ3) is 3.93. The van der Waals surface area contributed by atoms with E-state index in [1.165, 1.54) is 4.90 Å². The second kappa shape index (κ2) is 6.01. The number of anilines is 1. The average molecular weight is 314 g/mol. The summed E-state index contributed by atoms with van der Waals surface area (Å²) < 4.78 is 31.1. The van der Waals surface area contributed by atoms with Gasteiger partial charge in [-0.3, -0.25) is 15.1 Å². The quantitative estimate of drug-likeness (QED) is 0.906. The van der Waals surface area contributed by atoms with E-state index >= 15 is 0 Å². The molecule has 4 nitrogen and oxygen atoms in total. The van der Waals surface area contributed by atoms with Gasteiger partial charge in [0.05, 0.1) is 18.0 Å². The Labute approximate surface area is 126 Å². The Morgan fingerprint density at radius 2 is 2.19 bits per heavy atom. The van der Waals surface area contributed by atoms with Crippen molar-refractivity contribution in [2.45, 2.75) is 26.2 Å². The molecule has 1 saturated heterocycles. The highest BCUT2D eigenvalue weighted by Gasteiger charge is 2.31. The number of carbonyl (C=O) groups is 1. The zero-order valence-electron chi connectivity index (χ0n) is 11.8. The lowest BCUT2D eigenvalue weighted by molar-refractivity contribution is -0.115. The van der Waals surface area contributed by atoms with Gasteiger partial charge < -0.3 is 4.74 Å². The van der Waals surface area contributed by atoms with E-state index in [0.717, 1.165) is 24.2 Å². The second-order valence-electron chi connectivity index (χ2n) is 4.96. The van der Waals surface area contributed by atoms with Crippen LogP contribution >= 0.6 is 11.8 Å². The maximum Gasteiger partial charge on any atom is 0.248 e. The van der Waals surface area contributed by atoms with Crippen LogP contribution in [0.4, 0.5) is 14.5 Å². The van der Waals surface area contributed by atoms with E-state index < -0.39 is 12.3 Å². The normalized spacial score (nSPS) is 15.7. The van der Waals surface area contributed by atoms with Crippen molar-refractivity contribution in [1.82, 2.24) is 0 Å². The summed E-state index contributed by atoms with van der Waals surface area (Å²) in [6, 6.07) is 5.14. The summed E-state index contributed by atoms with van der Waals surface area (Å²) >= 11 is 1.14. The SMILES string of the molecule is Cc1ccc(OCCC(C)(F)F)c(N2C(=N)SCC2=O)c1. The highest BCUT2D eigenvalue weighted by atomic mass is 32.2. The standard InChI is InChI=1S/C14H16F2N2O2S/c1-9-3-4-11(20-6-5-14(2,15)16)10(7-9)18-12(19)8-21-13(18)17/h3-4,7,17H,5-6,8H2,1-2H3. The first-order valence-corrected chi connectivity index (χ1v) is 7.42. The molecule has 0 atom stereocenters. The maximum absolute atomic E-state index is 12.8. The molecule has 0 spiro atoms. The van der Waals surface area contributed by atoms with Gasteiger partial charge in [-0.15, -0.1) is 0 Å². The molecule has 1 heterocycles. The number of ether oxygens (including phenoxy) is 1. The van der Waals surface area contributed by atoms with Crippen LogP contribution < -0.4 is 9.64 Å². The fourth-order valence-electron chi connectivity index (χ4n) is 1.88. The number of halogens is 2. The highest BCUT2D eigenvalue weighted by Crippen LogP contribution is 2.35. The number of nitrogens with zero attached hydrogens (tertiary/aromatic N) is 1. The van der Waals surface area contributed by atoms with E-state index in [2.05, 4.69) is 0 Å². The summed E-state index contributed by atoms with van der Waals surface area (Å²) in [5.41, 5.74) is 1.34. The first kappa shape index (κ1) is 15.8. The lowest BCUT2D eigenvalue weighted by Gasteiger charge is -2.20. The summed E-state index contributed by atoms with van der Waals surface area (Å²) in [6.07, 6.45) is -0.402. The van der Waals surface area contributed by atoms with E-state index in [-0.39, 0.29) is 23.4 Å². The molecule has 0 aliphatic carbocycles. The number of nitrogens with one attached hydrogen (secondary N) is 1. The first-order chi connectivity index (χ1) is 9.78. The molecular formula is C14H16F2N2O2S. The minimum Gasteiger partial charge on any atom is -0.491 e. The molecule has 1 aromatic carbocycles. The number of hydrogen-bond donors (Lipinski definition) is 1. The minimum absolute atomic E-state index is 0.122. The van der Waals surface area contributed by atoms with E-state index in [4.69, 9.17) is 10.1 Å². The van der Waals surface area contributed by atoms with Crippen molar-refractivity contribution in [3.05, 3.63) is 23.8 Å². The number of aryl methyl sites for hydroxylation is 1. The summed E-state index contributed by atoms with van der Waals surface area (Å²) in [4.78, 5) is 13.1. The van der Waals surface area contributed by atoms with Gasteiger partial charge in [0.15, 0.2) is 5.17 Å². The number of rotatable bonds is 5. The number of hydrogen-bond acceptors (Lipinski definition) is 4. The summed E-state index contributed by atoms with van der Waals surface area (Å²) in [6.45, 7) is 2.54. The maximum atomic E-state index is 12.8. The van der Waals surface area contributed by atoms with Gasteiger partial charge >= 0.3 is 0 Å². The predicted octanol–water partition coefficient (Wildman–Crippen LogP) is 3.43. The molecule has 1 amide bonds. The zero-order valence-corrected chi connectivity index (χ0v) is 12.6. The molecular weight excluding hydrogens is 298 g/mol. The summed E-state index contributed by atoms with van der Waals surface area (Å²) in [5.74, 6) is -2.46. The Hall–Kier alpha value is -1.63. The predicted molar refractivity (Wildman–Crippen MR) is 79.6 cm³/mol. The van der Waals surface area contributed by atoms with Gasteiger partial charge in [0.2, 0.25) is 11.8 Å². The zero-order chi connectivity index (χ0) is 15.6. The van der Waals surface area contributed by atoms with Crippen LogP contribution in [0.25, 0.3) is 0 Å². The Kier molecular flexibility index (Phi) is 4.51. The van der Waals surface area contributed by atoms with Crippen molar-refractivity contribution in [1.29, 1.82) is 5.41 Å². The number of carbonyl (C=O) groups excluding carboxylic acids is 1. The molecule has 0 saturated carbocycles. The Morgan fingerprint density at radius 1 is 1.48 bits per heavy atom. The van der Waals surface area contributed by atoms with Crippen LogP contribution in [-0.4, -0.2) is 29.4 Å². The van der Waals surface area contributed by atoms with Gasteiger partial charge in [-0.25, -0.2) is 8.78 Å². The fraction of sp³-hybridized carbons (Fsp3) is 0.429. The van der Waals surface area contributed by atoms with Crippen molar-refractivity contribution in [2.75, 3.05) is 17.3 Å². The van der Waals surface area contributed by atoms with E-state index in [0.29, 0.717) is 11.4 Å². The number of amidine groups is 1. The molecule has 21 heavy (non-hydrogen) atoms. The molecule has 7 heteroatoms. The minimum atomic E-state index is -2.79. The van der Waals surface area contributed by atoms with Gasteiger partial charge in [-0.2, -0.15) is 0 Å². The lowest BCUT2D eigenvalue weighted by Crippen LogP contribution is -2.29. The van der Waals surface area contributed by atoms with Gasteiger partial charge in [-0.1, -0.05) is 17.8 Å². The van der Waals surface area contributed by atoms with Gasteiger partial charge in [0.25, 0.3) is 0 Å². The largest absolute Gasteiger partial charge is 0.491 e. The lowest BCUT2D eigenvalue weighted by atomic mass is 10.2. The molecule has 2 rings (SSSR count). The van der Waals surface area contributed by atoms with Gasteiger partial charge in [-0.05, 0) is 31.5 Å². The third-order valence-corrected chi connectivity index (χ3v) is 3.79. The van der Waals surface area contributed by atoms with E-state index in [1.807, 2.05) is 6.92 Å². The van der Waals surface area contributed by atoms with E-state index in [9.17, 15) is 13.6 Å². The molecule has 0 bridgehead atoms. The smallest absolute Gasteiger partial charge is 0.248 e. The molecule has 1 aliphatic rings. The molecule has 1 aromatic rings. The molecule has 1 N–H and O–H groups in total. The molecule has 0 radical (unpaired) electrons. The number of benzene rings is 1. The Bertz CT molecular complexity index is 557. The Balaban J connectivity index is 2.22. The van der Waals surface area contributed by atoms with Crippen LogP contribution in [0.1, 0.15) is 18.9 Å². The average Bonchev–Trinajstić information content (AvgIpc) is 2.69. The van der Waals surface area contributed by atoms with Crippen molar-refractivity contribution in [3.63, 3.8) is 0 Å². The molecule has 1 fully saturated rings. The van der Waals surface area contributed by atoms with Crippen LogP contribution in [-0.2, 0) is 4.79 Å². The van der Waals surface area contributed by atoms with Gasteiger partial charge in [0, 0.05) is 6.42 Å².